The summed E-state index contributed by atoms with van der Waals surface area (Å²) < 4.78 is 28.9. The highest BCUT2D eigenvalue weighted by Crippen LogP contribution is 2.29. The summed E-state index contributed by atoms with van der Waals surface area (Å²) >= 11 is 0. The molecule has 1 heterocycles. The molecule has 17 heavy (non-hydrogen) atoms. The van der Waals surface area contributed by atoms with Crippen LogP contribution < -0.4 is 16.2 Å². The largest absolute Gasteiger partial charge is 0.485 e. The molecule has 0 aliphatic carbocycles. The fourth-order valence-electron chi connectivity index (χ4n) is 1.40. The highest BCUT2D eigenvalue weighted by atomic mass is 19.3. The molecule has 0 spiro atoms. The lowest BCUT2D eigenvalue weighted by molar-refractivity contribution is 0.0823. The number of aromatic nitrogens is 2. The second kappa shape index (κ2) is 4.36. The smallest absolute Gasteiger partial charge is 0.272 e. The summed E-state index contributed by atoms with van der Waals surface area (Å²) in [5.41, 5.74) is 12.0. The quantitative estimate of drug-likeness (QED) is 0.792. The lowest BCUT2D eigenvalue weighted by Gasteiger charge is -2.09. The van der Waals surface area contributed by atoms with Gasteiger partial charge in [0.05, 0.1) is 11.2 Å². The van der Waals surface area contributed by atoms with Gasteiger partial charge in [-0.15, -0.1) is 0 Å². The normalized spacial score (nSPS) is 11.0. The number of hydrogen-bond acceptors (Lipinski definition) is 5. The summed E-state index contributed by atoms with van der Waals surface area (Å²) in [7, 11) is 0. The average Bonchev–Trinajstić information content (AvgIpc) is 2.28. The maximum absolute atomic E-state index is 12.0. The number of anilines is 2. The van der Waals surface area contributed by atoms with Crippen LogP contribution in [-0.4, -0.2) is 23.0 Å². The van der Waals surface area contributed by atoms with Gasteiger partial charge in [-0.25, -0.2) is 18.7 Å². The van der Waals surface area contributed by atoms with Crippen molar-refractivity contribution in [1.29, 1.82) is 0 Å². The predicted molar refractivity (Wildman–Crippen MR) is 59.9 cm³/mol. The van der Waals surface area contributed by atoms with Crippen LogP contribution in [-0.2, 0) is 0 Å². The van der Waals surface area contributed by atoms with Crippen molar-refractivity contribution in [2.45, 2.75) is 6.43 Å². The Morgan fingerprint density at radius 2 is 2.00 bits per heavy atom. The van der Waals surface area contributed by atoms with Crippen LogP contribution in [0, 0.1) is 0 Å². The third-order valence-electron chi connectivity index (χ3n) is 2.16. The third kappa shape index (κ3) is 2.32. The molecule has 5 nitrogen and oxygen atoms in total. The number of rotatable bonds is 3. The first-order chi connectivity index (χ1) is 8.08. The van der Waals surface area contributed by atoms with Crippen molar-refractivity contribution >= 4 is 22.4 Å². The van der Waals surface area contributed by atoms with Crippen LogP contribution >= 0.6 is 0 Å². The predicted octanol–water partition coefficient (Wildman–Crippen LogP) is 1.44. The van der Waals surface area contributed by atoms with Gasteiger partial charge in [-0.05, 0) is 6.07 Å². The Morgan fingerprint density at radius 3 is 2.71 bits per heavy atom. The lowest BCUT2D eigenvalue weighted by Crippen LogP contribution is -2.08. The summed E-state index contributed by atoms with van der Waals surface area (Å²) in [5.74, 6) is 0.443. The number of nitrogen functional groups attached to an aromatic ring is 2. The standard InChI is InChI=1S/C10H10F2N4O/c11-9(12)3-17-8-2-7-5(1-6(8)13)10(14)16-4-15-7/h1-2,4,9H,3,13H2,(H2,14,15,16). The molecule has 0 radical (unpaired) electrons. The van der Waals surface area contributed by atoms with E-state index in [-0.39, 0.29) is 17.3 Å². The highest BCUT2D eigenvalue weighted by molar-refractivity contribution is 5.92. The Labute approximate surface area is 95.4 Å². The first-order valence-corrected chi connectivity index (χ1v) is 4.78. The zero-order valence-corrected chi connectivity index (χ0v) is 8.73. The van der Waals surface area contributed by atoms with Crippen LogP contribution in [0.3, 0.4) is 0 Å². The lowest BCUT2D eigenvalue weighted by atomic mass is 10.2. The Kier molecular flexibility index (Phi) is 2.90. The molecule has 2 aromatic rings. The van der Waals surface area contributed by atoms with Gasteiger partial charge in [0.2, 0.25) is 0 Å². The molecule has 0 saturated carbocycles. The zero-order valence-electron chi connectivity index (χ0n) is 8.73. The average molecular weight is 240 g/mol. The van der Waals surface area contributed by atoms with Crippen molar-refractivity contribution < 1.29 is 13.5 Å². The summed E-state index contributed by atoms with van der Waals surface area (Å²) in [6, 6.07) is 2.97. The van der Waals surface area contributed by atoms with Gasteiger partial charge in [0.1, 0.15) is 24.5 Å². The van der Waals surface area contributed by atoms with Gasteiger partial charge in [0.15, 0.2) is 0 Å². The Morgan fingerprint density at radius 1 is 1.24 bits per heavy atom. The van der Waals surface area contributed by atoms with Gasteiger partial charge in [0.25, 0.3) is 6.43 Å². The van der Waals surface area contributed by atoms with Crippen molar-refractivity contribution in [1.82, 2.24) is 9.97 Å². The van der Waals surface area contributed by atoms with E-state index >= 15 is 0 Å². The molecule has 90 valence electrons. The molecule has 1 aromatic heterocycles. The number of ether oxygens (including phenoxy) is 1. The first-order valence-electron chi connectivity index (χ1n) is 4.78. The fraction of sp³-hybridized carbons (Fsp3) is 0.200. The molecular formula is C10H10F2N4O. The van der Waals surface area contributed by atoms with Crippen LogP contribution in [0.2, 0.25) is 0 Å². The van der Waals surface area contributed by atoms with Gasteiger partial charge in [0, 0.05) is 11.5 Å². The molecule has 0 bridgehead atoms. The van der Waals surface area contributed by atoms with Crippen LogP contribution in [0.25, 0.3) is 10.9 Å². The number of nitrogens with zero attached hydrogens (tertiary/aromatic N) is 2. The highest BCUT2D eigenvalue weighted by Gasteiger charge is 2.09. The van der Waals surface area contributed by atoms with Gasteiger partial charge in [-0.1, -0.05) is 0 Å². The van der Waals surface area contributed by atoms with Crippen molar-refractivity contribution in [2.75, 3.05) is 18.1 Å². The topological polar surface area (TPSA) is 87.1 Å². The monoisotopic (exact) mass is 240 g/mol. The molecule has 0 amide bonds. The number of halogens is 2. The second-order valence-electron chi connectivity index (χ2n) is 3.37. The Bertz CT molecular complexity index is 547. The molecular weight excluding hydrogens is 230 g/mol. The van der Waals surface area contributed by atoms with E-state index < -0.39 is 13.0 Å². The number of benzene rings is 1. The summed E-state index contributed by atoms with van der Waals surface area (Å²) in [4.78, 5) is 7.76. The van der Waals surface area contributed by atoms with Gasteiger partial charge < -0.3 is 16.2 Å². The SMILES string of the molecule is Nc1cc2c(N)ncnc2cc1OCC(F)F. The molecule has 7 heteroatoms. The Balaban J connectivity index is 2.41. The van der Waals surface area contributed by atoms with Crippen LogP contribution in [0.15, 0.2) is 18.5 Å². The van der Waals surface area contributed by atoms with Crippen LogP contribution in [0.1, 0.15) is 0 Å². The zero-order chi connectivity index (χ0) is 12.4. The summed E-state index contributed by atoms with van der Waals surface area (Å²) in [5, 5.41) is 0.564. The van der Waals surface area contributed by atoms with E-state index in [4.69, 9.17) is 16.2 Å². The number of alkyl halides is 2. The minimum Gasteiger partial charge on any atom is -0.485 e. The number of nitrogens with two attached hydrogens (primary N) is 2. The molecule has 0 unspecified atom stereocenters. The number of hydrogen-bond donors (Lipinski definition) is 2. The van der Waals surface area contributed by atoms with E-state index in [0.29, 0.717) is 10.9 Å². The molecule has 1 aromatic carbocycles. The molecule has 2 rings (SSSR count). The van der Waals surface area contributed by atoms with E-state index in [1.54, 1.807) is 0 Å². The van der Waals surface area contributed by atoms with E-state index in [2.05, 4.69) is 9.97 Å². The third-order valence-corrected chi connectivity index (χ3v) is 2.16. The Hall–Kier alpha value is -2.18. The van der Waals surface area contributed by atoms with Gasteiger partial charge >= 0.3 is 0 Å². The molecule has 0 aliphatic rings. The van der Waals surface area contributed by atoms with Crippen molar-refractivity contribution in [2.24, 2.45) is 0 Å². The van der Waals surface area contributed by atoms with Crippen LogP contribution in [0.4, 0.5) is 20.3 Å². The minimum atomic E-state index is -2.56. The first kappa shape index (κ1) is 11.3. The molecule has 4 N–H and O–H groups in total. The van der Waals surface area contributed by atoms with Crippen molar-refractivity contribution in [3.8, 4) is 5.75 Å². The van der Waals surface area contributed by atoms with E-state index in [9.17, 15) is 8.78 Å². The van der Waals surface area contributed by atoms with E-state index in [0.717, 1.165) is 0 Å². The fourth-order valence-corrected chi connectivity index (χ4v) is 1.40. The molecule has 0 atom stereocenters. The van der Waals surface area contributed by atoms with E-state index in [1.165, 1.54) is 18.5 Å². The van der Waals surface area contributed by atoms with Crippen LogP contribution in [0.5, 0.6) is 5.75 Å². The molecule has 0 fully saturated rings. The maximum atomic E-state index is 12.0. The minimum absolute atomic E-state index is 0.163. The summed E-state index contributed by atoms with van der Waals surface area (Å²) in [6.07, 6.45) is -1.27. The van der Waals surface area contributed by atoms with Crippen molar-refractivity contribution in [3.63, 3.8) is 0 Å². The molecule has 0 saturated heterocycles. The van der Waals surface area contributed by atoms with Crippen molar-refractivity contribution in [3.05, 3.63) is 18.5 Å². The van der Waals surface area contributed by atoms with E-state index in [1.807, 2.05) is 0 Å². The maximum Gasteiger partial charge on any atom is 0.272 e. The second-order valence-corrected chi connectivity index (χ2v) is 3.37. The van der Waals surface area contributed by atoms with Gasteiger partial charge in [-0.2, -0.15) is 0 Å². The summed E-state index contributed by atoms with van der Waals surface area (Å²) in [6.45, 7) is -0.712. The van der Waals surface area contributed by atoms with Gasteiger partial charge in [-0.3, -0.25) is 0 Å². The number of fused-ring (bicyclic) bond motifs is 1. The molecule has 0 aliphatic heterocycles.